The second kappa shape index (κ2) is 8.90. The molecular weight excluding hydrogens is 391 g/mol. The van der Waals surface area contributed by atoms with Gasteiger partial charge in [-0.25, -0.2) is 9.40 Å². The topological polar surface area (TPSA) is 71.6 Å². The number of rotatable bonds is 6. The second-order valence-corrected chi connectivity index (χ2v) is 7.19. The van der Waals surface area contributed by atoms with E-state index in [4.69, 9.17) is 5.73 Å². The van der Waals surface area contributed by atoms with Crippen LogP contribution in [0.5, 0.6) is 0 Å². The zero-order valence-corrected chi connectivity index (χ0v) is 16.8. The minimum absolute atomic E-state index is 0.330. The Kier molecular flexibility index (Phi) is 5.87. The predicted octanol–water partition coefficient (Wildman–Crippen LogP) is 3.72. The number of carbonyl (C=O) groups is 1. The molecule has 1 unspecified atom stereocenters. The van der Waals surface area contributed by atoms with Crippen molar-refractivity contribution in [3.8, 4) is 11.8 Å². The predicted molar refractivity (Wildman–Crippen MR) is 118 cm³/mol. The molecule has 0 spiro atoms. The van der Waals surface area contributed by atoms with E-state index in [0.717, 1.165) is 5.56 Å². The lowest BCUT2D eigenvalue weighted by atomic mass is 9.83. The monoisotopic (exact) mass is 412 g/mol. The average molecular weight is 412 g/mol. The van der Waals surface area contributed by atoms with Crippen molar-refractivity contribution >= 4 is 11.6 Å². The van der Waals surface area contributed by atoms with Gasteiger partial charge in [0.25, 0.3) is 5.91 Å². The van der Waals surface area contributed by atoms with Crippen molar-refractivity contribution in [1.29, 1.82) is 0 Å². The van der Waals surface area contributed by atoms with Crippen molar-refractivity contribution in [1.82, 2.24) is 9.99 Å². The SMILES string of the molecule is NCCCC1(c2ccccc2)C#CC(c2cccc(F)c2)=NN1C(=O)c1cccnc1. The number of hydrazone groups is 1. The minimum atomic E-state index is -0.996. The molecule has 1 aliphatic heterocycles. The molecule has 6 heteroatoms. The van der Waals surface area contributed by atoms with E-state index < -0.39 is 11.4 Å². The maximum atomic E-state index is 13.8. The van der Waals surface area contributed by atoms with E-state index in [1.165, 1.54) is 23.3 Å². The Hall–Kier alpha value is -3.82. The summed E-state index contributed by atoms with van der Waals surface area (Å²) in [4.78, 5) is 17.7. The van der Waals surface area contributed by atoms with Crippen LogP contribution >= 0.6 is 0 Å². The first-order valence-corrected chi connectivity index (χ1v) is 10.0. The van der Waals surface area contributed by atoms with Crippen LogP contribution in [0.4, 0.5) is 4.39 Å². The smallest absolute Gasteiger partial charge is 0.277 e. The molecule has 31 heavy (non-hydrogen) atoms. The molecule has 1 amide bonds. The number of benzene rings is 2. The van der Waals surface area contributed by atoms with Crippen LogP contribution in [-0.4, -0.2) is 28.2 Å². The van der Waals surface area contributed by atoms with Gasteiger partial charge in [0, 0.05) is 18.0 Å². The summed E-state index contributed by atoms with van der Waals surface area (Å²) in [6.45, 7) is 0.450. The number of halogens is 1. The zero-order chi connectivity index (χ0) is 21.7. The fraction of sp³-hybridized carbons (Fsp3) is 0.160. The highest BCUT2D eigenvalue weighted by molar-refractivity contribution is 6.14. The van der Waals surface area contributed by atoms with Gasteiger partial charge in [-0.15, -0.1) is 0 Å². The van der Waals surface area contributed by atoms with Crippen molar-refractivity contribution in [2.75, 3.05) is 6.54 Å². The first-order chi connectivity index (χ1) is 15.1. The molecule has 3 aromatic rings. The van der Waals surface area contributed by atoms with Crippen molar-refractivity contribution in [2.24, 2.45) is 10.8 Å². The number of hydrogen-bond acceptors (Lipinski definition) is 4. The van der Waals surface area contributed by atoms with Crippen molar-refractivity contribution in [3.05, 3.63) is 102 Å². The lowest BCUT2D eigenvalue weighted by Gasteiger charge is -2.39. The van der Waals surface area contributed by atoms with Crippen LogP contribution in [0, 0.1) is 17.7 Å². The fourth-order valence-electron chi connectivity index (χ4n) is 3.60. The summed E-state index contributed by atoms with van der Waals surface area (Å²) in [5, 5.41) is 6.05. The molecule has 1 aromatic heterocycles. The summed E-state index contributed by atoms with van der Waals surface area (Å²) in [6.07, 6.45) is 4.26. The van der Waals surface area contributed by atoms with Crippen molar-refractivity contribution < 1.29 is 9.18 Å². The van der Waals surface area contributed by atoms with Gasteiger partial charge in [0.1, 0.15) is 11.5 Å². The van der Waals surface area contributed by atoms with Gasteiger partial charge in [0.05, 0.1) is 5.56 Å². The van der Waals surface area contributed by atoms with Crippen LogP contribution < -0.4 is 5.73 Å². The third-order valence-corrected chi connectivity index (χ3v) is 5.14. The molecule has 0 bridgehead atoms. The maximum Gasteiger partial charge on any atom is 0.277 e. The number of hydrogen-bond donors (Lipinski definition) is 1. The summed E-state index contributed by atoms with van der Waals surface area (Å²) in [5.74, 6) is 5.63. The molecule has 2 heterocycles. The number of amides is 1. The normalized spacial score (nSPS) is 17.5. The Morgan fingerprint density at radius 3 is 2.65 bits per heavy atom. The average Bonchev–Trinajstić information content (AvgIpc) is 2.83. The summed E-state index contributed by atoms with van der Waals surface area (Å²) in [6, 6.07) is 19.0. The van der Waals surface area contributed by atoms with Crippen molar-refractivity contribution in [3.63, 3.8) is 0 Å². The molecule has 154 valence electrons. The minimum Gasteiger partial charge on any atom is -0.330 e. The van der Waals surface area contributed by atoms with Gasteiger partial charge in [-0.1, -0.05) is 48.4 Å². The van der Waals surface area contributed by atoms with E-state index in [1.807, 2.05) is 30.3 Å². The van der Waals surface area contributed by atoms with E-state index in [0.29, 0.717) is 36.2 Å². The first-order valence-electron chi connectivity index (χ1n) is 10.0. The Morgan fingerprint density at radius 1 is 1.10 bits per heavy atom. The number of nitrogens with zero attached hydrogens (tertiary/aromatic N) is 3. The number of pyridine rings is 1. The molecule has 0 aliphatic carbocycles. The molecule has 1 aliphatic rings. The van der Waals surface area contributed by atoms with Crippen LogP contribution in [0.25, 0.3) is 0 Å². The molecule has 5 nitrogen and oxygen atoms in total. The quantitative estimate of drug-likeness (QED) is 0.628. The van der Waals surface area contributed by atoms with Gasteiger partial charge >= 0.3 is 0 Å². The number of nitrogens with two attached hydrogens (primary N) is 1. The largest absolute Gasteiger partial charge is 0.330 e. The van der Waals surface area contributed by atoms with Gasteiger partial charge in [0.15, 0.2) is 5.54 Å². The Bertz CT molecular complexity index is 1170. The summed E-state index contributed by atoms with van der Waals surface area (Å²) >= 11 is 0. The first kappa shape index (κ1) is 20.5. The molecular formula is C25H21FN4O. The standard InChI is InChI=1S/C25H21FN4O/c26-22-11-4-7-19(17-22)23-12-14-25(13-6-15-27,21-9-2-1-3-10-21)30(29-23)24(31)20-8-5-16-28-18-20/h1-5,7-11,16-18H,6,13,15,27H2. The van der Waals surface area contributed by atoms with Crippen molar-refractivity contribution in [2.45, 2.75) is 18.4 Å². The third kappa shape index (κ3) is 4.09. The van der Waals surface area contributed by atoms with Crippen LogP contribution in [0.1, 0.15) is 34.3 Å². The van der Waals surface area contributed by atoms with Crippen LogP contribution in [0.2, 0.25) is 0 Å². The van der Waals surface area contributed by atoms with E-state index in [-0.39, 0.29) is 5.91 Å². The molecule has 4 rings (SSSR count). The van der Waals surface area contributed by atoms with E-state index in [2.05, 4.69) is 21.9 Å². The fourth-order valence-corrected chi connectivity index (χ4v) is 3.60. The molecule has 0 saturated carbocycles. The second-order valence-electron chi connectivity index (χ2n) is 7.19. The lowest BCUT2D eigenvalue weighted by molar-refractivity contribution is 0.0565. The Labute approximate surface area is 180 Å². The van der Waals surface area contributed by atoms with E-state index >= 15 is 0 Å². The van der Waals surface area contributed by atoms with Gasteiger partial charge in [-0.3, -0.25) is 9.78 Å². The van der Waals surface area contributed by atoms with Gasteiger partial charge in [-0.2, -0.15) is 5.10 Å². The molecule has 0 radical (unpaired) electrons. The van der Waals surface area contributed by atoms with Gasteiger partial charge in [0.2, 0.25) is 0 Å². The molecule has 2 N–H and O–H groups in total. The Morgan fingerprint density at radius 2 is 1.94 bits per heavy atom. The molecule has 2 aromatic carbocycles. The molecule has 0 saturated heterocycles. The number of carbonyl (C=O) groups excluding carboxylic acids is 1. The summed E-state index contributed by atoms with van der Waals surface area (Å²) in [7, 11) is 0. The zero-order valence-electron chi connectivity index (χ0n) is 16.8. The highest BCUT2D eigenvalue weighted by Gasteiger charge is 2.42. The number of aromatic nitrogens is 1. The van der Waals surface area contributed by atoms with Gasteiger partial charge in [-0.05, 0) is 55.1 Å². The third-order valence-electron chi connectivity index (χ3n) is 5.14. The highest BCUT2D eigenvalue weighted by Crippen LogP contribution is 2.36. The highest BCUT2D eigenvalue weighted by atomic mass is 19.1. The van der Waals surface area contributed by atoms with E-state index in [9.17, 15) is 9.18 Å². The van der Waals surface area contributed by atoms with Crippen LogP contribution in [0.15, 0.2) is 84.2 Å². The summed E-state index contributed by atoms with van der Waals surface area (Å²) < 4.78 is 13.8. The maximum absolute atomic E-state index is 13.8. The molecule has 1 atom stereocenters. The van der Waals surface area contributed by atoms with Crippen LogP contribution in [0.3, 0.4) is 0 Å². The van der Waals surface area contributed by atoms with Gasteiger partial charge < -0.3 is 5.73 Å². The lowest BCUT2D eigenvalue weighted by Crippen LogP contribution is -2.48. The summed E-state index contributed by atoms with van der Waals surface area (Å²) in [5.41, 5.74) is 6.89. The molecule has 0 fully saturated rings. The Balaban J connectivity index is 1.89. The van der Waals surface area contributed by atoms with Crippen LogP contribution in [-0.2, 0) is 5.54 Å². The van der Waals surface area contributed by atoms with E-state index in [1.54, 1.807) is 30.5 Å².